The fraction of sp³-hybridized carbons (Fsp3) is 0.357. The van der Waals surface area contributed by atoms with Gasteiger partial charge in [-0.05, 0) is 11.6 Å². The van der Waals surface area contributed by atoms with Crippen LogP contribution in [0.25, 0.3) is 0 Å². The second-order valence-electron chi connectivity index (χ2n) is 4.00. The quantitative estimate of drug-likeness (QED) is 0.560. The van der Waals surface area contributed by atoms with E-state index in [0.29, 0.717) is 26.1 Å². The molecule has 1 N–H and O–H groups in total. The average Bonchev–Trinajstić information content (AvgIpc) is 2.44. The lowest BCUT2D eigenvalue weighted by molar-refractivity contribution is -0.130. The first kappa shape index (κ1) is 14.9. The SMILES string of the molecule is C=CCNCC(=O)N(CCC#N)Cc1cccnc1. The van der Waals surface area contributed by atoms with Gasteiger partial charge >= 0.3 is 0 Å². The third kappa shape index (κ3) is 5.80. The van der Waals surface area contributed by atoms with Crippen LogP contribution in [0.5, 0.6) is 0 Å². The molecule has 0 saturated heterocycles. The van der Waals surface area contributed by atoms with Crippen LogP contribution in [0.4, 0.5) is 0 Å². The van der Waals surface area contributed by atoms with E-state index in [0.717, 1.165) is 5.56 Å². The molecule has 19 heavy (non-hydrogen) atoms. The predicted molar refractivity (Wildman–Crippen MR) is 73.0 cm³/mol. The summed E-state index contributed by atoms with van der Waals surface area (Å²) in [5.41, 5.74) is 0.956. The Morgan fingerprint density at radius 3 is 3.11 bits per heavy atom. The molecule has 0 bridgehead atoms. The Hall–Kier alpha value is -2.19. The molecule has 1 amide bonds. The van der Waals surface area contributed by atoms with Crippen LogP contribution in [-0.4, -0.2) is 35.4 Å². The van der Waals surface area contributed by atoms with Crippen LogP contribution in [0.15, 0.2) is 37.2 Å². The summed E-state index contributed by atoms with van der Waals surface area (Å²) in [6.45, 7) is 5.32. The van der Waals surface area contributed by atoms with Gasteiger partial charge in [0.05, 0.1) is 19.0 Å². The second-order valence-corrected chi connectivity index (χ2v) is 4.00. The van der Waals surface area contributed by atoms with Crippen LogP contribution in [-0.2, 0) is 11.3 Å². The van der Waals surface area contributed by atoms with Gasteiger partial charge in [-0.1, -0.05) is 12.1 Å². The highest BCUT2D eigenvalue weighted by atomic mass is 16.2. The lowest BCUT2D eigenvalue weighted by Gasteiger charge is -2.21. The molecule has 100 valence electrons. The molecule has 1 aromatic rings. The molecule has 1 rings (SSSR count). The summed E-state index contributed by atoms with van der Waals surface area (Å²) in [6.07, 6.45) is 5.45. The minimum atomic E-state index is -0.0269. The number of pyridine rings is 1. The number of hydrogen-bond acceptors (Lipinski definition) is 4. The normalized spacial score (nSPS) is 9.63. The van der Waals surface area contributed by atoms with E-state index in [1.807, 2.05) is 12.1 Å². The number of aromatic nitrogens is 1. The number of carbonyl (C=O) groups is 1. The second kappa shape index (κ2) is 8.84. The molecule has 0 aliphatic carbocycles. The molecule has 0 fully saturated rings. The van der Waals surface area contributed by atoms with E-state index in [-0.39, 0.29) is 12.5 Å². The molecule has 0 aliphatic heterocycles. The summed E-state index contributed by atoms with van der Waals surface area (Å²) < 4.78 is 0. The molecular formula is C14H18N4O. The van der Waals surface area contributed by atoms with Gasteiger partial charge in [-0.15, -0.1) is 6.58 Å². The third-order valence-corrected chi connectivity index (χ3v) is 2.51. The van der Waals surface area contributed by atoms with Gasteiger partial charge in [0.1, 0.15) is 0 Å². The standard InChI is InChI=1S/C14H18N4O/c1-2-7-16-11-14(19)18(9-4-6-15)12-13-5-3-8-17-10-13/h2-3,5,8,10,16H,1,4,7,9,11-12H2. The van der Waals surface area contributed by atoms with Crippen molar-refractivity contribution in [3.05, 3.63) is 42.7 Å². The van der Waals surface area contributed by atoms with E-state index in [1.165, 1.54) is 0 Å². The number of rotatable bonds is 8. The Balaban J connectivity index is 2.58. The van der Waals surface area contributed by atoms with Crippen molar-refractivity contribution in [3.63, 3.8) is 0 Å². The van der Waals surface area contributed by atoms with Crippen LogP contribution in [0.1, 0.15) is 12.0 Å². The molecule has 0 radical (unpaired) electrons. The molecule has 0 aromatic carbocycles. The Bertz CT molecular complexity index is 439. The lowest BCUT2D eigenvalue weighted by atomic mass is 10.2. The monoisotopic (exact) mass is 258 g/mol. The van der Waals surface area contributed by atoms with Crippen LogP contribution >= 0.6 is 0 Å². The topological polar surface area (TPSA) is 69.0 Å². The van der Waals surface area contributed by atoms with Gasteiger partial charge in [0.15, 0.2) is 0 Å². The Labute approximate surface area is 113 Å². The van der Waals surface area contributed by atoms with E-state index in [9.17, 15) is 4.79 Å². The smallest absolute Gasteiger partial charge is 0.236 e. The maximum Gasteiger partial charge on any atom is 0.236 e. The third-order valence-electron chi connectivity index (χ3n) is 2.51. The summed E-state index contributed by atoms with van der Waals surface area (Å²) >= 11 is 0. The van der Waals surface area contributed by atoms with Gasteiger partial charge in [0, 0.05) is 32.0 Å². The molecule has 1 aromatic heterocycles. The van der Waals surface area contributed by atoms with E-state index in [2.05, 4.69) is 22.9 Å². The summed E-state index contributed by atoms with van der Waals surface area (Å²) in [4.78, 5) is 17.7. The van der Waals surface area contributed by atoms with Crippen LogP contribution in [0, 0.1) is 11.3 Å². The van der Waals surface area contributed by atoms with Gasteiger partial charge in [0.2, 0.25) is 5.91 Å². The van der Waals surface area contributed by atoms with Crippen molar-refractivity contribution in [2.75, 3.05) is 19.6 Å². The van der Waals surface area contributed by atoms with Gasteiger partial charge in [-0.25, -0.2) is 0 Å². The molecule has 0 spiro atoms. The first-order valence-electron chi connectivity index (χ1n) is 6.13. The maximum atomic E-state index is 12.0. The van der Waals surface area contributed by atoms with Crippen LogP contribution in [0.3, 0.4) is 0 Å². The molecule has 0 atom stereocenters. The van der Waals surface area contributed by atoms with E-state index in [1.54, 1.807) is 23.4 Å². The molecule has 0 unspecified atom stereocenters. The summed E-state index contributed by atoms with van der Waals surface area (Å²) in [5, 5.41) is 11.6. The maximum absolute atomic E-state index is 12.0. The molecule has 5 nitrogen and oxygen atoms in total. The minimum absolute atomic E-state index is 0.0269. The highest BCUT2D eigenvalue weighted by molar-refractivity contribution is 5.78. The Kier molecular flexibility index (Phi) is 6.92. The Morgan fingerprint density at radius 1 is 1.63 bits per heavy atom. The van der Waals surface area contributed by atoms with E-state index >= 15 is 0 Å². The summed E-state index contributed by atoms with van der Waals surface area (Å²) in [7, 11) is 0. The number of amides is 1. The lowest BCUT2D eigenvalue weighted by Crippen LogP contribution is -2.38. The average molecular weight is 258 g/mol. The Morgan fingerprint density at radius 2 is 2.47 bits per heavy atom. The van der Waals surface area contributed by atoms with Crippen molar-refractivity contribution in [1.82, 2.24) is 15.2 Å². The largest absolute Gasteiger partial charge is 0.336 e. The van der Waals surface area contributed by atoms with Gasteiger partial charge in [-0.2, -0.15) is 5.26 Å². The fourth-order valence-electron chi connectivity index (χ4n) is 1.58. The van der Waals surface area contributed by atoms with Crippen LogP contribution in [0.2, 0.25) is 0 Å². The highest BCUT2D eigenvalue weighted by Gasteiger charge is 2.13. The summed E-state index contributed by atoms with van der Waals surface area (Å²) in [5.74, 6) is -0.0269. The first-order valence-corrected chi connectivity index (χ1v) is 6.13. The minimum Gasteiger partial charge on any atom is -0.336 e. The number of carbonyl (C=O) groups excluding carboxylic acids is 1. The van der Waals surface area contributed by atoms with Crippen molar-refractivity contribution in [3.8, 4) is 6.07 Å². The molecule has 5 heteroatoms. The van der Waals surface area contributed by atoms with E-state index < -0.39 is 0 Å². The van der Waals surface area contributed by atoms with Gasteiger partial charge in [0.25, 0.3) is 0 Å². The van der Waals surface area contributed by atoms with Crippen molar-refractivity contribution in [2.45, 2.75) is 13.0 Å². The number of nitriles is 1. The zero-order chi connectivity index (χ0) is 13.9. The zero-order valence-corrected chi connectivity index (χ0v) is 10.9. The zero-order valence-electron chi connectivity index (χ0n) is 10.9. The van der Waals surface area contributed by atoms with Crippen molar-refractivity contribution >= 4 is 5.91 Å². The van der Waals surface area contributed by atoms with Crippen molar-refractivity contribution in [1.29, 1.82) is 5.26 Å². The number of nitrogens with one attached hydrogen (secondary N) is 1. The predicted octanol–water partition coefficient (Wildman–Crippen LogP) is 1.10. The number of nitrogens with zero attached hydrogens (tertiary/aromatic N) is 3. The molecule has 1 heterocycles. The molecule has 0 aliphatic rings. The van der Waals surface area contributed by atoms with Gasteiger partial charge < -0.3 is 10.2 Å². The van der Waals surface area contributed by atoms with E-state index in [4.69, 9.17) is 5.26 Å². The van der Waals surface area contributed by atoms with Crippen LogP contribution < -0.4 is 5.32 Å². The fourth-order valence-corrected chi connectivity index (χ4v) is 1.58. The summed E-state index contributed by atoms with van der Waals surface area (Å²) in [6, 6.07) is 5.81. The van der Waals surface area contributed by atoms with Crippen molar-refractivity contribution in [2.24, 2.45) is 0 Å². The highest BCUT2D eigenvalue weighted by Crippen LogP contribution is 2.04. The number of hydrogen-bond donors (Lipinski definition) is 1. The van der Waals surface area contributed by atoms with Crippen molar-refractivity contribution < 1.29 is 4.79 Å². The first-order chi connectivity index (χ1) is 9.27. The molecule has 0 saturated carbocycles. The van der Waals surface area contributed by atoms with Gasteiger partial charge in [-0.3, -0.25) is 9.78 Å². The molecular weight excluding hydrogens is 240 g/mol.